The Kier molecular flexibility index (Phi) is 5.37. The fourth-order valence-corrected chi connectivity index (χ4v) is 5.54. The Hall–Kier alpha value is -3.58. The molecule has 3 aromatic rings. The highest BCUT2D eigenvalue weighted by Gasteiger charge is 2.40. The second-order valence-electron chi connectivity index (χ2n) is 9.12. The molecule has 3 aromatic carbocycles. The lowest BCUT2D eigenvalue weighted by molar-refractivity contribution is -0.0331. The number of carbonyl (C=O) groups is 1. The minimum absolute atomic E-state index is 0.0669. The van der Waals surface area contributed by atoms with Crippen LogP contribution in [0, 0.1) is 17.5 Å². The third-order valence-electron chi connectivity index (χ3n) is 7.08. The van der Waals surface area contributed by atoms with E-state index in [1.807, 2.05) is 24.3 Å². The Morgan fingerprint density at radius 1 is 0.943 bits per heavy atom. The molecule has 1 saturated heterocycles. The lowest BCUT2D eigenvalue weighted by atomic mass is 9.89. The van der Waals surface area contributed by atoms with Gasteiger partial charge in [-0.25, -0.2) is 18.0 Å². The first kappa shape index (κ1) is 21.9. The highest BCUT2D eigenvalue weighted by atomic mass is 19.2. The zero-order valence-electron chi connectivity index (χ0n) is 18.7. The van der Waals surface area contributed by atoms with Crippen LogP contribution in [0.25, 0.3) is 16.7 Å². The first-order valence-corrected chi connectivity index (χ1v) is 11.6. The lowest BCUT2D eigenvalue weighted by Crippen LogP contribution is -2.56. The quantitative estimate of drug-likeness (QED) is 0.441. The standard InChI is InChI=1S/C28H22F3NO3/c29-17-11-24(27(31)26(30)12-17)16-9-18-13-34-14-19(10-16)32(18)28(33)35-15-25-22-7-3-1-5-20(22)21-6-2-4-8-23(21)25/h1-9,11-12,18-19,25H,10,13-15H2. The average Bonchev–Trinajstić information content (AvgIpc) is 3.17. The van der Waals surface area contributed by atoms with Crippen LogP contribution >= 0.6 is 0 Å². The van der Waals surface area contributed by atoms with Crippen LogP contribution in [-0.4, -0.2) is 42.9 Å². The van der Waals surface area contributed by atoms with Crippen LogP contribution in [0.1, 0.15) is 29.0 Å². The van der Waals surface area contributed by atoms with E-state index in [0.29, 0.717) is 11.6 Å². The van der Waals surface area contributed by atoms with Gasteiger partial charge in [-0.1, -0.05) is 54.6 Å². The molecule has 1 amide bonds. The summed E-state index contributed by atoms with van der Waals surface area (Å²) in [5.74, 6) is -3.24. The van der Waals surface area contributed by atoms with Crippen molar-refractivity contribution in [3.05, 3.63) is 101 Å². The van der Waals surface area contributed by atoms with Crippen LogP contribution < -0.4 is 0 Å². The number of rotatable bonds is 3. The maximum atomic E-state index is 14.4. The summed E-state index contributed by atoms with van der Waals surface area (Å²) in [6.07, 6.45) is 1.38. The third kappa shape index (κ3) is 3.71. The van der Waals surface area contributed by atoms with Crippen molar-refractivity contribution in [2.24, 2.45) is 0 Å². The predicted molar refractivity (Wildman–Crippen MR) is 124 cm³/mol. The molecular weight excluding hydrogens is 455 g/mol. The molecule has 2 unspecified atom stereocenters. The fourth-order valence-electron chi connectivity index (χ4n) is 5.54. The number of morpholine rings is 1. The topological polar surface area (TPSA) is 38.8 Å². The number of carbonyl (C=O) groups excluding carboxylic acids is 1. The van der Waals surface area contributed by atoms with Gasteiger partial charge >= 0.3 is 6.09 Å². The highest BCUT2D eigenvalue weighted by molar-refractivity contribution is 5.79. The fraction of sp³-hybridized carbons (Fsp3) is 0.250. The zero-order valence-corrected chi connectivity index (χ0v) is 18.7. The van der Waals surface area contributed by atoms with Gasteiger partial charge in [0.25, 0.3) is 0 Å². The number of fused-ring (bicyclic) bond motifs is 5. The van der Waals surface area contributed by atoms with Gasteiger partial charge in [0.05, 0.1) is 25.3 Å². The van der Waals surface area contributed by atoms with Gasteiger partial charge in [0.15, 0.2) is 11.6 Å². The maximum absolute atomic E-state index is 14.4. The molecule has 4 nitrogen and oxygen atoms in total. The number of halogens is 3. The van der Waals surface area contributed by atoms with Gasteiger partial charge in [-0.3, -0.25) is 4.90 Å². The molecule has 2 bridgehead atoms. The number of nitrogens with zero attached hydrogens (tertiary/aromatic N) is 1. The van der Waals surface area contributed by atoms with Gasteiger partial charge in [-0.05, 0) is 40.3 Å². The van der Waals surface area contributed by atoms with Gasteiger partial charge < -0.3 is 9.47 Å². The Bertz CT molecular complexity index is 1310. The van der Waals surface area contributed by atoms with Gasteiger partial charge in [0, 0.05) is 17.5 Å². The van der Waals surface area contributed by atoms with Crippen LogP contribution in [0.3, 0.4) is 0 Å². The van der Waals surface area contributed by atoms with Crippen LogP contribution in [-0.2, 0) is 9.47 Å². The summed E-state index contributed by atoms with van der Waals surface area (Å²) in [5.41, 5.74) is 4.87. The van der Waals surface area contributed by atoms with Crippen LogP contribution in [0.4, 0.5) is 18.0 Å². The van der Waals surface area contributed by atoms with E-state index in [2.05, 4.69) is 24.3 Å². The zero-order chi connectivity index (χ0) is 24.1. The molecule has 1 fully saturated rings. The van der Waals surface area contributed by atoms with E-state index in [9.17, 15) is 18.0 Å². The van der Waals surface area contributed by atoms with Crippen molar-refractivity contribution in [3.8, 4) is 11.1 Å². The Labute approximate surface area is 200 Å². The molecule has 1 aliphatic carbocycles. The van der Waals surface area contributed by atoms with E-state index in [1.165, 1.54) is 0 Å². The number of hydrogen-bond acceptors (Lipinski definition) is 3. The smallest absolute Gasteiger partial charge is 0.410 e. The van der Waals surface area contributed by atoms with Crippen molar-refractivity contribution in [1.82, 2.24) is 4.90 Å². The van der Waals surface area contributed by atoms with Crippen LogP contribution in [0.15, 0.2) is 66.7 Å². The molecule has 6 rings (SSSR count). The molecule has 0 aromatic heterocycles. The van der Waals surface area contributed by atoms with Crippen molar-refractivity contribution >= 4 is 11.7 Å². The summed E-state index contributed by atoms with van der Waals surface area (Å²) in [5, 5.41) is 0. The second kappa shape index (κ2) is 8.57. The minimum atomic E-state index is -1.23. The number of amides is 1. The van der Waals surface area contributed by atoms with Crippen LogP contribution in [0.5, 0.6) is 0 Å². The molecule has 0 spiro atoms. The monoisotopic (exact) mass is 477 g/mol. The summed E-state index contributed by atoms with van der Waals surface area (Å²) < 4.78 is 53.4. The van der Waals surface area contributed by atoms with E-state index in [1.54, 1.807) is 11.0 Å². The van der Waals surface area contributed by atoms with E-state index in [4.69, 9.17) is 9.47 Å². The van der Waals surface area contributed by atoms with Gasteiger partial charge in [0.1, 0.15) is 12.4 Å². The summed E-state index contributed by atoms with van der Waals surface area (Å²) in [6, 6.07) is 16.8. The molecule has 35 heavy (non-hydrogen) atoms. The summed E-state index contributed by atoms with van der Waals surface area (Å²) in [7, 11) is 0. The highest BCUT2D eigenvalue weighted by Crippen LogP contribution is 2.44. The Morgan fingerprint density at radius 2 is 1.63 bits per heavy atom. The molecule has 0 N–H and O–H groups in total. The predicted octanol–water partition coefficient (Wildman–Crippen LogP) is 5.91. The summed E-state index contributed by atoms with van der Waals surface area (Å²) in [4.78, 5) is 14.8. The van der Waals surface area contributed by atoms with Crippen molar-refractivity contribution in [2.45, 2.75) is 24.4 Å². The Balaban J connectivity index is 1.24. The molecule has 2 heterocycles. The van der Waals surface area contributed by atoms with Gasteiger partial charge in [-0.2, -0.15) is 0 Å². The molecule has 0 saturated carbocycles. The molecule has 2 atom stereocenters. The molecular formula is C28H22F3NO3. The van der Waals surface area contributed by atoms with E-state index >= 15 is 0 Å². The summed E-state index contributed by atoms with van der Waals surface area (Å²) >= 11 is 0. The van der Waals surface area contributed by atoms with E-state index in [0.717, 1.165) is 28.3 Å². The molecule has 0 radical (unpaired) electrons. The number of benzene rings is 3. The third-order valence-corrected chi connectivity index (χ3v) is 7.08. The van der Waals surface area contributed by atoms with E-state index < -0.39 is 35.6 Å². The SMILES string of the molecule is O=C(OCC1c2ccccc2-c2ccccc21)N1C2C=C(c3cc(F)cc(F)c3F)CC1COC2. The second-order valence-corrected chi connectivity index (χ2v) is 9.12. The van der Waals surface area contributed by atoms with E-state index in [-0.39, 0.29) is 37.7 Å². The maximum Gasteiger partial charge on any atom is 0.410 e. The van der Waals surface area contributed by atoms with Crippen molar-refractivity contribution in [1.29, 1.82) is 0 Å². The van der Waals surface area contributed by atoms with Crippen molar-refractivity contribution in [3.63, 3.8) is 0 Å². The van der Waals surface area contributed by atoms with Crippen molar-refractivity contribution in [2.75, 3.05) is 19.8 Å². The molecule has 7 heteroatoms. The van der Waals surface area contributed by atoms with Crippen molar-refractivity contribution < 1.29 is 27.4 Å². The lowest BCUT2D eigenvalue weighted by Gasteiger charge is -2.44. The molecule has 3 aliphatic rings. The van der Waals surface area contributed by atoms with Gasteiger partial charge in [-0.15, -0.1) is 0 Å². The van der Waals surface area contributed by atoms with Crippen LogP contribution in [0.2, 0.25) is 0 Å². The summed E-state index contributed by atoms with van der Waals surface area (Å²) in [6.45, 7) is 0.616. The van der Waals surface area contributed by atoms with Gasteiger partial charge in [0.2, 0.25) is 0 Å². The average molecular weight is 477 g/mol. The number of ether oxygens (including phenoxy) is 2. The molecule has 178 valence electrons. The largest absolute Gasteiger partial charge is 0.448 e. The first-order valence-electron chi connectivity index (χ1n) is 11.6. The number of hydrogen-bond donors (Lipinski definition) is 0. The normalized spacial score (nSPS) is 20.8. The first-order chi connectivity index (χ1) is 17.0. The minimum Gasteiger partial charge on any atom is -0.448 e. The Morgan fingerprint density at radius 3 is 2.31 bits per heavy atom. The molecule has 2 aliphatic heterocycles.